The Labute approximate surface area is 118 Å². The van der Waals surface area contributed by atoms with E-state index < -0.39 is 8.88 Å². The molecule has 0 aromatic carbocycles. The Morgan fingerprint density at radius 3 is 1.89 bits per heavy atom. The number of hydrogen-bond acceptors (Lipinski definition) is 6. The summed E-state index contributed by atoms with van der Waals surface area (Å²) < 4.78 is 16.5. The van der Waals surface area contributed by atoms with Gasteiger partial charge < -0.3 is 19.3 Å². The highest BCUT2D eigenvalue weighted by Gasteiger charge is 2.57. The van der Waals surface area contributed by atoms with Crippen LogP contribution in [-0.2, 0) is 8.85 Å². The monoisotopic (exact) mass is 291 g/mol. The molecule has 0 aliphatic carbocycles. The summed E-state index contributed by atoms with van der Waals surface area (Å²) in [4.78, 5) is 0. The first-order chi connectivity index (χ1) is 9.25. The highest BCUT2D eigenvalue weighted by atomic mass is 28.4. The van der Waals surface area contributed by atoms with Gasteiger partial charge in [0.2, 0.25) is 0 Å². The van der Waals surface area contributed by atoms with E-state index in [1.807, 2.05) is 6.92 Å². The van der Waals surface area contributed by atoms with Crippen LogP contribution in [0.5, 0.6) is 0 Å². The van der Waals surface area contributed by atoms with Crippen LogP contribution in [0.3, 0.4) is 0 Å². The second-order valence-electron chi connectivity index (χ2n) is 4.48. The first kappa shape index (κ1) is 17.0. The molecular formula is C12H29N3O3Si. The smallest absolute Gasteiger partial charge is 0.395 e. The summed E-state index contributed by atoms with van der Waals surface area (Å²) >= 11 is 0. The van der Waals surface area contributed by atoms with Crippen molar-refractivity contribution in [1.29, 1.82) is 0 Å². The maximum absolute atomic E-state index is 8.13. The van der Waals surface area contributed by atoms with Crippen molar-refractivity contribution in [3.05, 3.63) is 0 Å². The average Bonchev–Trinajstić information content (AvgIpc) is 3.04. The van der Waals surface area contributed by atoms with Crippen molar-refractivity contribution in [3.8, 4) is 0 Å². The summed E-state index contributed by atoms with van der Waals surface area (Å²) in [5, 5.41) is 11.1. The van der Waals surface area contributed by atoms with E-state index in [9.17, 15) is 0 Å². The quantitative estimate of drug-likeness (QED) is 0.536. The molecule has 2 rings (SSSR count). The van der Waals surface area contributed by atoms with Crippen molar-refractivity contribution >= 4 is 8.88 Å². The summed E-state index contributed by atoms with van der Waals surface area (Å²) in [6.07, 6.45) is 0. The predicted octanol–water partition coefficient (Wildman–Crippen LogP) is -0.286. The van der Waals surface area contributed by atoms with Gasteiger partial charge in [-0.1, -0.05) is 20.8 Å². The Morgan fingerprint density at radius 2 is 1.58 bits per heavy atom. The van der Waals surface area contributed by atoms with Gasteiger partial charge in [-0.15, -0.1) is 0 Å². The van der Waals surface area contributed by atoms with Gasteiger partial charge in [0.05, 0.1) is 19.8 Å². The minimum absolute atomic E-state index is 0.244. The Balaban J connectivity index is 0.000000258. The number of aliphatic hydroxyl groups is 1. The van der Waals surface area contributed by atoms with Crippen LogP contribution in [-0.4, -0.2) is 82.2 Å². The number of likely N-dealkylation sites (N-methyl/N-ethyl adjacent to an activating group) is 3. The number of nitrogens with zero attached hydrogens (tertiary/aromatic N) is 2. The van der Waals surface area contributed by atoms with Crippen molar-refractivity contribution in [3.63, 3.8) is 0 Å². The Hall–Kier alpha value is -0.0231. The molecule has 2 fully saturated rings. The summed E-state index contributed by atoms with van der Waals surface area (Å²) in [6.45, 7) is 14.1. The molecule has 2 aliphatic rings. The lowest BCUT2D eigenvalue weighted by molar-refractivity contribution is 0.182. The standard InChI is InChI=1S/C8H18N2O2Si.C4H11NO/c1-3-9-5-7-11-13(9)10(4-2)6-8-12-13;1-2-5-3-4-6/h3-8H2,1-2H3;5-6H,2-4H2,1H3. The predicted molar refractivity (Wildman–Crippen MR) is 77.8 cm³/mol. The average molecular weight is 291 g/mol. The highest BCUT2D eigenvalue weighted by Crippen LogP contribution is 2.27. The van der Waals surface area contributed by atoms with Gasteiger partial charge in [-0.05, 0) is 19.6 Å². The third-order valence-corrected chi connectivity index (χ3v) is 7.24. The molecule has 0 unspecified atom stereocenters. The van der Waals surface area contributed by atoms with E-state index in [0.29, 0.717) is 0 Å². The van der Waals surface area contributed by atoms with E-state index in [1.165, 1.54) is 0 Å². The van der Waals surface area contributed by atoms with Crippen LogP contribution in [0.1, 0.15) is 20.8 Å². The number of rotatable bonds is 5. The van der Waals surface area contributed by atoms with Gasteiger partial charge in [-0.25, -0.2) is 0 Å². The fourth-order valence-electron chi connectivity index (χ4n) is 2.44. The molecule has 2 saturated heterocycles. The highest BCUT2D eigenvalue weighted by molar-refractivity contribution is 6.62. The molecule has 2 heterocycles. The van der Waals surface area contributed by atoms with Crippen LogP contribution < -0.4 is 5.32 Å². The lowest BCUT2D eigenvalue weighted by Crippen LogP contribution is -2.61. The first-order valence-electron chi connectivity index (χ1n) is 7.34. The Morgan fingerprint density at radius 1 is 1.05 bits per heavy atom. The molecule has 19 heavy (non-hydrogen) atoms. The van der Waals surface area contributed by atoms with Crippen LogP contribution in [0.4, 0.5) is 0 Å². The topological polar surface area (TPSA) is 57.2 Å². The minimum atomic E-state index is -2.06. The molecule has 0 bridgehead atoms. The maximum Gasteiger partial charge on any atom is 0.522 e. The molecule has 114 valence electrons. The summed E-state index contributed by atoms with van der Waals surface area (Å²) in [5.41, 5.74) is 0. The van der Waals surface area contributed by atoms with Crippen LogP contribution >= 0.6 is 0 Å². The van der Waals surface area contributed by atoms with Crippen LogP contribution in [0.25, 0.3) is 0 Å². The molecule has 0 aromatic heterocycles. The molecule has 0 atom stereocenters. The zero-order valence-electron chi connectivity index (χ0n) is 12.5. The first-order valence-corrected chi connectivity index (χ1v) is 9.05. The number of hydrogen-bond donors (Lipinski definition) is 2. The maximum atomic E-state index is 8.13. The van der Waals surface area contributed by atoms with Gasteiger partial charge in [-0.2, -0.15) is 0 Å². The summed E-state index contributed by atoms with van der Waals surface area (Å²) in [7, 11) is -2.06. The molecule has 1 spiro atoms. The van der Waals surface area contributed by atoms with E-state index >= 15 is 0 Å². The third kappa shape index (κ3) is 4.22. The molecule has 2 N–H and O–H groups in total. The SMILES string of the molecule is CCN1CCO[Si]12OCCN2CC.CCNCCO. The Bertz CT molecular complexity index is 222. The lowest BCUT2D eigenvalue weighted by atomic mass is 10.6. The van der Waals surface area contributed by atoms with Gasteiger partial charge in [0.25, 0.3) is 0 Å². The lowest BCUT2D eigenvalue weighted by Gasteiger charge is -2.33. The van der Waals surface area contributed by atoms with Gasteiger partial charge in [0.15, 0.2) is 0 Å². The molecule has 2 aliphatic heterocycles. The van der Waals surface area contributed by atoms with E-state index in [1.54, 1.807) is 0 Å². The normalized spacial score (nSPS) is 22.7. The minimum Gasteiger partial charge on any atom is -0.395 e. The van der Waals surface area contributed by atoms with Crippen molar-refractivity contribution < 1.29 is 14.0 Å². The molecule has 0 amide bonds. The largest absolute Gasteiger partial charge is 0.522 e. The molecule has 0 aromatic rings. The van der Waals surface area contributed by atoms with Gasteiger partial charge in [-0.3, -0.25) is 9.13 Å². The molecule has 7 heteroatoms. The fourth-order valence-corrected chi connectivity index (χ4v) is 5.91. The molecule has 0 radical (unpaired) electrons. The number of aliphatic hydroxyl groups excluding tert-OH is 1. The zero-order chi connectivity index (χ0) is 14.1. The van der Waals surface area contributed by atoms with E-state index in [0.717, 1.165) is 52.5 Å². The molecule has 6 nitrogen and oxygen atoms in total. The third-order valence-electron chi connectivity index (χ3n) is 3.40. The van der Waals surface area contributed by atoms with Crippen molar-refractivity contribution in [2.75, 3.05) is 59.1 Å². The van der Waals surface area contributed by atoms with Crippen molar-refractivity contribution in [1.82, 2.24) is 14.4 Å². The van der Waals surface area contributed by atoms with Gasteiger partial charge >= 0.3 is 8.88 Å². The molecule has 0 saturated carbocycles. The fraction of sp³-hybridized carbons (Fsp3) is 1.00. The van der Waals surface area contributed by atoms with E-state index in [-0.39, 0.29) is 6.61 Å². The van der Waals surface area contributed by atoms with Crippen LogP contribution in [0.2, 0.25) is 0 Å². The zero-order valence-corrected chi connectivity index (χ0v) is 13.5. The summed E-state index contributed by atoms with van der Waals surface area (Å²) in [5.74, 6) is 0. The van der Waals surface area contributed by atoms with Crippen molar-refractivity contribution in [2.45, 2.75) is 20.8 Å². The summed E-state index contributed by atoms with van der Waals surface area (Å²) in [6, 6.07) is 0. The Kier molecular flexibility index (Phi) is 8.08. The van der Waals surface area contributed by atoms with E-state index in [4.69, 9.17) is 14.0 Å². The van der Waals surface area contributed by atoms with Crippen LogP contribution in [0, 0.1) is 0 Å². The van der Waals surface area contributed by atoms with Gasteiger partial charge in [0.1, 0.15) is 0 Å². The number of nitrogens with one attached hydrogen (secondary N) is 1. The second kappa shape index (κ2) is 9.01. The van der Waals surface area contributed by atoms with Gasteiger partial charge in [0, 0.05) is 19.6 Å². The second-order valence-corrected chi connectivity index (χ2v) is 7.42. The van der Waals surface area contributed by atoms with Crippen molar-refractivity contribution in [2.24, 2.45) is 0 Å². The molecular weight excluding hydrogens is 262 g/mol. The van der Waals surface area contributed by atoms with E-state index in [2.05, 4.69) is 28.3 Å². The van der Waals surface area contributed by atoms with Crippen LogP contribution in [0.15, 0.2) is 0 Å².